The molecule has 0 unspecified atom stereocenters. The summed E-state index contributed by atoms with van der Waals surface area (Å²) in [7, 11) is 3.80. The fourth-order valence-electron chi connectivity index (χ4n) is 2.18. The summed E-state index contributed by atoms with van der Waals surface area (Å²) >= 11 is 0. The molecule has 0 amide bonds. The lowest BCUT2D eigenvalue weighted by molar-refractivity contribution is -0.888. The molecule has 6 N–H and O–H groups in total. The Bertz CT molecular complexity index is 679. The van der Waals surface area contributed by atoms with Crippen molar-refractivity contribution in [3.8, 4) is 0 Å². The van der Waals surface area contributed by atoms with Crippen molar-refractivity contribution in [2.24, 2.45) is 17.2 Å². The molecule has 0 aliphatic rings. The molecule has 16 heteroatoms. The van der Waals surface area contributed by atoms with Gasteiger partial charge < -0.3 is 44.3 Å². The fourth-order valence-corrected chi connectivity index (χ4v) is 2.47. The van der Waals surface area contributed by atoms with Crippen molar-refractivity contribution in [3.05, 3.63) is 0 Å². The summed E-state index contributed by atoms with van der Waals surface area (Å²) in [4.78, 5) is 0. The maximum absolute atomic E-state index is 9.45. The molecular weight excluding hydrogens is 552 g/mol. The van der Waals surface area contributed by atoms with Crippen LogP contribution in [-0.4, -0.2) is 152 Å². The summed E-state index contributed by atoms with van der Waals surface area (Å²) in [6.07, 6.45) is 3.42. The summed E-state index contributed by atoms with van der Waals surface area (Å²) in [5.74, 6) is 0. The van der Waals surface area contributed by atoms with Crippen LogP contribution in [0.4, 0.5) is 0 Å². The highest BCUT2D eigenvalue weighted by atomic mass is 32.3. The Morgan fingerprint density at radius 3 is 0.846 bits per heavy atom. The van der Waals surface area contributed by atoms with Crippen molar-refractivity contribution < 1.29 is 48.1 Å². The molecule has 0 aromatic carbocycles. The number of hydrogen-bond acceptors (Lipinski definition) is 11. The van der Waals surface area contributed by atoms with E-state index in [0.29, 0.717) is 0 Å². The van der Waals surface area contributed by atoms with Gasteiger partial charge in [-0.25, -0.2) is 8.42 Å². The van der Waals surface area contributed by atoms with Gasteiger partial charge in [0.05, 0.1) is 88.2 Å². The monoisotopic (exact) mass is 614 g/mol. The van der Waals surface area contributed by atoms with Crippen molar-refractivity contribution in [2.75, 3.05) is 108 Å². The second-order valence-electron chi connectivity index (χ2n) is 10.6. The van der Waals surface area contributed by atoms with Gasteiger partial charge in [0, 0.05) is 29.7 Å². The molecule has 0 spiro atoms. The lowest BCUT2D eigenvalue weighted by Gasteiger charge is -2.27. The first kappa shape index (κ1) is 48.2. The number of quaternary nitrogens is 3. The first-order valence-electron chi connectivity index (χ1n) is 13.3. The quantitative estimate of drug-likeness (QED) is 0.128. The average Bonchev–Trinajstić information content (AvgIpc) is 2.80. The van der Waals surface area contributed by atoms with Crippen LogP contribution >= 0.6 is 0 Å². The molecule has 0 saturated carbocycles. The number of hydrogen-bond donors (Lipinski definition) is 3. The summed E-state index contributed by atoms with van der Waals surface area (Å²) < 4.78 is 69.4. The van der Waals surface area contributed by atoms with Gasteiger partial charge in [-0.2, -0.15) is 0 Å². The SMILES string of the molecule is CCOS(=O)(=O)[O-].CC[N+](C)(C)CCCN.CC[N+](C)(C)CCCN.CC[N+](C)(C)CCCN.O=S(=O)([O-])[O-]. The highest BCUT2D eigenvalue weighted by Gasteiger charge is 2.10. The number of nitrogens with zero attached hydrogens (tertiary/aromatic N) is 3. The van der Waals surface area contributed by atoms with Gasteiger partial charge in [-0.1, -0.05) is 0 Å². The molecule has 39 heavy (non-hydrogen) atoms. The lowest BCUT2D eigenvalue weighted by atomic mass is 10.3. The third-order valence-electron chi connectivity index (χ3n) is 5.73. The molecule has 0 bridgehead atoms. The van der Waals surface area contributed by atoms with E-state index in [1.54, 1.807) is 0 Å². The minimum Gasteiger partial charge on any atom is -0.759 e. The third kappa shape index (κ3) is 62.5. The first-order valence-corrected chi connectivity index (χ1v) is 15.9. The molecule has 0 atom stereocenters. The second-order valence-corrected chi connectivity index (χ2v) is 12.4. The maximum Gasteiger partial charge on any atom is 0.217 e. The molecule has 14 nitrogen and oxygen atoms in total. The van der Waals surface area contributed by atoms with Crippen LogP contribution in [0.15, 0.2) is 0 Å². The zero-order chi connectivity index (χ0) is 32.4. The molecule has 0 aromatic rings. The highest BCUT2D eigenvalue weighted by Crippen LogP contribution is 1.97. The van der Waals surface area contributed by atoms with Gasteiger partial charge in [-0.3, -0.25) is 12.6 Å². The van der Waals surface area contributed by atoms with Gasteiger partial charge in [0.1, 0.15) is 0 Å². The van der Waals surface area contributed by atoms with E-state index < -0.39 is 20.8 Å². The van der Waals surface area contributed by atoms with Gasteiger partial charge in [0.15, 0.2) is 0 Å². The Kier molecular flexibility index (Phi) is 32.7. The first-order chi connectivity index (χ1) is 17.4. The molecule has 0 aliphatic heterocycles. The van der Waals surface area contributed by atoms with Crippen LogP contribution in [0.2, 0.25) is 0 Å². The van der Waals surface area contributed by atoms with E-state index in [-0.39, 0.29) is 6.61 Å². The molecule has 0 aromatic heterocycles. The van der Waals surface area contributed by atoms with Crippen molar-refractivity contribution in [1.29, 1.82) is 0 Å². The topological polar surface area (TPSA) is 225 Å². The van der Waals surface area contributed by atoms with E-state index in [9.17, 15) is 13.0 Å². The summed E-state index contributed by atoms with van der Waals surface area (Å²) in [6.45, 7) is 17.6. The van der Waals surface area contributed by atoms with Gasteiger partial charge >= 0.3 is 0 Å². The lowest BCUT2D eigenvalue weighted by Crippen LogP contribution is -2.40. The standard InChI is InChI=1S/3C7H19N2.C2H6O4S.H2O4S/c3*1-4-9(2,3)7-5-6-8;1-2-6-7(3,4)5;1-5(2,3)4/h3*4-8H2,1-3H3;2H2,1H3,(H,3,4,5);(H2,1,2,3,4)/q3*+1;;/p-3. The smallest absolute Gasteiger partial charge is 0.217 e. The van der Waals surface area contributed by atoms with Crippen LogP contribution in [-0.2, 0) is 25.0 Å². The Hall–Kier alpha value is -0.500. The van der Waals surface area contributed by atoms with Crippen LogP contribution in [0.5, 0.6) is 0 Å². The molecule has 0 saturated heterocycles. The van der Waals surface area contributed by atoms with Crippen LogP contribution in [0, 0.1) is 0 Å². The molecule has 0 heterocycles. The molecular formula is C23H62N6O8S2. The van der Waals surface area contributed by atoms with Gasteiger partial charge in [-0.15, -0.1) is 0 Å². The second kappa shape index (κ2) is 26.4. The maximum atomic E-state index is 9.45. The molecule has 0 rings (SSSR count). The Morgan fingerprint density at radius 2 is 0.769 bits per heavy atom. The largest absolute Gasteiger partial charge is 0.759 e. The van der Waals surface area contributed by atoms with Crippen molar-refractivity contribution in [3.63, 3.8) is 0 Å². The summed E-state index contributed by atoms with van der Waals surface area (Å²) in [5, 5.41) is 0. The highest BCUT2D eigenvalue weighted by molar-refractivity contribution is 7.80. The zero-order valence-corrected chi connectivity index (χ0v) is 28.0. The van der Waals surface area contributed by atoms with Crippen molar-refractivity contribution in [2.45, 2.75) is 47.0 Å². The van der Waals surface area contributed by atoms with Crippen molar-refractivity contribution in [1.82, 2.24) is 0 Å². The molecule has 0 radical (unpaired) electrons. The minimum atomic E-state index is -5.17. The van der Waals surface area contributed by atoms with E-state index in [1.165, 1.54) is 46.2 Å². The number of nitrogens with two attached hydrogens (primary N) is 3. The normalized spacial score (nSPS) is 11.9. The average molecular weight is 615 g/mol. The van der Waals surface area contributed by atoms with Crippen LogP contribution < -0.4 is 17.2 Å². The van der Waals surface area contributed by atoms with E-state index in [4.69, 9.17) is 34.7 Å². The Morgan fingerprint density at radius 1 is 0.564 bits per heavy atom. The molecule has 244 valence electrons. The Labute approximate surface area is 240 Å². The molecule has 0 aliphatic carbocycles. The van der Waals surface area contributed by atoms with Gasteiger partial charge in [0.25, 0.3) is 0 Å². The third-order valence-corrected chi connectivity index (χ3v) is 6.26. The molecule has 0 fully saturated rings. The predicted octanol–water partition coefficient (Wildman–Crippen LogP) is -0.560. The van der Waals surface area contributed by atoms with E-state index in [2.05, 4.69) is 67.2 Å². The van der Waals surface area contributed by atoms with E-state index in [1.807, 2.05) is 0 Å². The summed E-state index contributed by atoms with van der Waals surface area (Å²) in [5.41, 5.74) is 16.1. The van der Waals surface area contributed by atoms with E-state index in [0.717, 1.165) is 52.3 Å². The summed E-state index contributed by atoms with van der Waals surface area (Å²) in [6, 6.07) is 0. The minimum absolute atomic E-state index is 0.0914. The van der Waals surface area contributed by atoms with E-state index >= 15 is 0 Å². The Balaban J connectivity index is -0.000000125. The van der Waals surface area contributed by atoms with Gasteiger partial charge in [0.2, 0.25) is 10.4 Å². The van der Waals surface area contributed by atoms with Crippen LogP contribution in [0.3, 0.4) is 0 Å². The number of rotatable bonds is 14. The van der Waals surface area contributed by atoms with Crippen LogP contribution in [0.25, 0.3) is 0 Å². The fraction of sp³-hybridized carbons (Fsp3) is 1.00. The zero-order valence-electron chi connectivity index (χ0n) is 26.3. The predicted molar refractivity (Wildman–Crippen MR) is 155 cm³/mol. The van der Waals surface area contributed by atoms with Gasteiger partial charge in [-0.05, 0) is 47.3 Å². The van der Waals surface area contributed by atoms with Crippen LogP contribution in [0.1, 0.15) is 47.0 Å². The van der Waals surface area contributed by atoms with Crippen molar-refractivity contribution >= 4 is 20.8 Å².